The fraction of sp³-hybridized carbons (Fsp3) is 0.464. The second-order valence-corrected chi connectivity index (χ2v) is 9.91. The molecule has 0 aromatic heterocycles. The zero-order valence-electron chi connectivity index (χ0n) is 23.6. The number of primary amides is 1. The highest BCUT2D eigenvalue weighted by Gasteiger charge is 2.35. The molecule has 1 aliphatic heterocycles. The number of piperazine rings is 1. The van der Waals surface area contributed by atoms with E-state index in [1.165, 1.54) is 4.90 Å². The number of amides is 2. The summed E-state index contributed by atoms with van der Waals surface area (Å²) >= 11 is 0. The van der Waals surface area contributed by atoms with Crippen LogP contribution < -0.4 is 16.9 Å². The summed E-state index contributed by atoms with van der Waals surface area (Å²) in [4.78, 5) is 27.8. The third kappa shape index (κ3) is 10.1. The van der Waals surface area contributed by atoms with E-state index in [1.54, 1.807) is 44.2 Å². The molecule has 42 heavy (non-hydrogen) atoms. The number of nitrogens with zero attached hydrogens (tertiary/aromatic N) is 3. The molecule has 0 spiro atoms. The lowest BCUT2D eigenvalue weighted by molar-refractivity contribution is -0.140. The maximum atomic E-state index is 15.3. The minimum atomic E-state index is -4.52. The number of carbonyl (C=O) groups excluding carboxylic acids is 2. The van der Waals surface area contributed by atoms with E-state index in [1.807, 2.05) is 0 Å². The first-order chi connectivity index (χ1) is 19.7. The first-order valence-corrected chi connectivity index (χ1v) is 13.2. The Bertz CT molecular complexity index is 1210. The van der Waals surface area contributed by atoms with Gasteiger partial charge in [0.2, 0.25) is 11.8 Å². The number of nitrogens with two attached hydrogens (primary N) is 2. The van der Waals surface area contributed by atoms with Gasteiger partial charge in [0.15, 0.2) is 0 Å². The number of benzene rings is 1. The van der Waals surface area contributed by atoms with Crippen molar-refractivity contribution in [3.63, 3.8) is 0 Å². The SMILES string of the molecule is CCC(C)/C(C/C(=C/C(=O)N1CCN(CC(F)(F)F)/C(=N\N)C1)NC(C(N)=O)c1ccccc1)=C(F)\C=C(\F)C(C)F. The Morgan fingerprint density at radius 1 is 1.12 bits per heavy atom. The van der Waals surface area contributed by atoms with Crippen molar-refractivity contribution in [1.29, 1.82) is 0 Å². The Hall–Kier alpha value is -3.97. The molecule has 2 rings (SSSR count). The molecular weight excluding hydrogens is 566 g/mol. The monoisotopic (exact) mass is 602 g/mol. The number of rotatable bonds is 12. The van der Waals surface area contributed by atoms with Crippen LogP contribution in [0.3, 0.4) is 0 Å². The Balaban J connectivity index is 2.52. The average Bonchev–Trinajstić information content (AvgIpc) is 2.93. The first kappa shape index (κ1) is 34.2. The van der Waals surface area contributed by atoms with Crippen molar-refractivity contribution in [2.45, 2.75) is 52.0 Å². The second-order valence-electron chi connectivity index (χ2n) is 9.91. The van der Waals surface area contributed by atoms with Gasteiger partial charge in [-0.15, -0.1) is 0 Å². The summed E-state index contributed by atoms with van der Waals surface area (Å²) in [6.45, 7) is 2.38. The number of hydrogen-bond donors (Lipinski definition) is 3. The lowest BCUT2D eigenvalue weighted by Gasteiger charge is -2.36. The molecule has 232 valence electrons. The molecule has 0 saturated carbocycles. The molecule has 3 unspecified atom stereocenters. The zero-order valence-corrected chi connectivity index (χ0v) is 23.6. The van der Waals surface area contributed by atoms with Crippen LogP contribution in [0.1, 0.15) is 45.2 Å². The van der Waals surface area contributed by atoms with E-state index in [4.69, 9.17) is 11.6 Å². The summed E-state index contributed by atoms with van der Waals surface area (Å²) in [5.74, 6) is 0.770. The molecule has 5 N–H and O–H groups in total. The van der Waals surface area contributed by atoms with E-state index in [2.05, 4.69) is 10.4 Å². The third-order valence-electron chi connectivity index (χ3n) is 6.75. The van der Waals surface area contributed by atoms with Crippen molar-refractivity contribution < 1.29 is 35.9 Å². The highest BCUT2D eigenvalue weighted by molar-refractivity contribution is 5.94. The van der Waals surface area contributed by atoms with Gasteiger partial charge in [-0.2, -0.15) is 18.3 Å². The van der Waals surface area contributed by atoms with Gasteiger partial charge in [-0.3, -0.25) is 9.59 Å². The smallest absolute Gasteiger partial charge is 0.373 e. The van der Waals surface area contributed by atoms with Crippen LogP contribution in [0.15, 0.2) is 70.5 Å². The van der Waals surface area contributed by atoms with Crippen LogP contribution in [0.4, 0.5) is 26.3 Å². The first-order valence-electron chi connectivity index (χ1n) is 13.2. The van der Waals surface area contributed by atoms with Crippen molar-refractivity contribution in [2.24, 2.45) is 22.6 Å². The normalized spacial score (nSPS) is 18.8. The van der Waals surface area contributed by atoms with Crippen LogP contribution in [-0.4, -0.2) is 66.0 Å². The fourth-order valence-electron chi connectivity index (χ4n) is 4.23. The number of alkyl halides is 4. The van der Waals surface area contributed by atoms with Crippen LogP contribution >= 0.6 is 0 Å². The number of amidine groups is 1. The molecule has 8 nitrogen and oxygen atoms in total. The molecule has 0 aliphatic carbocycles. The van der Waals surface area contributed by atoms with E-state index >= 15 is 4.39 Å². The lowest BCUT2D eigenvalue weighted by atomic mass is 9.92. The highest BCUT2D eigenvalue weighted by Crippen LogP contribution is 2.29. The van der Waals surface area contributed by atoms with Crippen molar-refractivity contribution in [3.8, 4) is 0 Å². The molecular formula is C28H36F6N6O2. The molecule has 1 heterocycles. The van der Waals surface area contributed by atoms with Gasteiger partial charge in [0, 0.05) is 37.4 Å². The number of allylic oxidation sites excluding steroid dienone is 4. The van der Waals surface area contributed by atoms with Crippen LogP contribution in [0, 0.1) is 5.92 Å². The summed E-state index contributed by atoms with van der Waals surface area (Å²) in [5, 5.41) is 6.29. The molecule has 0 bridgehead atoms. The van der Waals surface area contributed by atoms with Crippen LogP contribution in [0.2, 0.25) is 0 Å². The van der Waals surface area contributed by atoms with Crippen LogP contribution in [0.5, 0.6) is 0 Å². The van der Waals surface area contributed by atoms with Crippen LogP contribution in [-0.2, 0) is 9.59 Å². The van der Waals surface area contributed by atoms with E-state index in [-0.39, 0.29) is 43.2 Å². The summed E-state index contributed by atoms with van der Waals surface area (Å²) < 4.78 is 81.6. The quantitative estimate of drug-likeness (QED) is 0.107. The Kier molecular flexibility index (Phi) is 12.5. The zero-order chi connectivity index (χ0) is 31.6. The van der Waals surface area contributed by atoms with Crippen molar-refractivity contribution in [1.82, 2.24) is 15.1 Å². The van der Waals surface area contributed by atoms with Crippen molar-refractivity contribution >= 4 is 17.6 Å². The Morgan fingerprint density at radius 2 is 1.76 bits per heavy atom. The third-order valence-corrected chi connectivity index (χ3v) is 6.75. The van der Waals surface area contributed by atoms with Gasteiger partial charge >= 0.3 is 6.18 Å². The Labute approximate surface area is 240 Å². The summed E-state index contributed by atoms with van der Waals surface area (Å²) in [5.41, 5.74) is 6.11. The standard InChI is InChI=1S/C28H36F6N6O2/c1-4-17(2)21(23(31)14-22(30)18(3)29)12-20(37-26(27(35)42)19-8-6-5-7-9-19)13-25(41)39-10-11-40(16-28(32,33)34)24(15-39)38-36/h5-9,13-14,17-18,26,37H,4,10-12,15-16,36H2,1-3H3,(H2,35,42)/b20-13-,22-14+,23-21+,38-24-. The number of nitrogens with one attached hydrogen (secondary N) is 1. The highest BCUT2D eigenvalue weighted by atomic mass is 19.4. The molecule has 1 aliphatic rings. The molecule has 1 fully saturated rings. The average molecular weight is 603 g/mol. The predicted molar refractivity (Wildman–Crippen MR) is 147 cm³/mol. The van der Waals surface area contributed by atoms with Gasteiger partial charge < -0.3 is 26.7 Å². The minimum absolute atomic E-state index is 0.0177. The largest absolute Gasteiger partial charge is 0.405 e. The van der Waals surface area contributed by atoms with Crippen molar-refractivity contribution in [2.75, 3.05) is 26.2 Å². The topological polar surface area (TPSA) is 117 Å². The van der Waals surface area contributed by atoms with Gasteiger partial charge in [-0.05, 0) is 30.4 Å². The van der Waals surface area contributed by atoms with E-state index in [0.717, 1.165) is 17.9 Å². The van der Waals surface area contributed by atoms with E-state index < -0.39 is 54.3 Å². The van der Waals surface area contributed by atoms with Gasteiger partial charge in [0.05, 0.1) is 6.54 Å². The summed E-state index contributed by atoms with van der Waals surface area (Å²) in [7, 11) is 0. The molecule has 3 atom stereocenters. The predicted octanol–water partition coefficient (Wildman–Crippen LogP) is 4.54. The summed E-state index contributed by atoms with van der Waals surface area (Å²) in [6.07, 6.45) is -4.97. The van der Waals surface area contributed by atoms with Gasteiger partial charge in [-0.1, -0.05) is 44.2 Å². The number of hydrazone groups is 1. The molecule has 0 radical (unpaired) electrons. The number of halogens is 6. The van der Waals surface area contributed by atoms with E-state index in [0.29, 0.717) is 18.1 Å². The number of carbonyl (C=O) groups is 2. The maximum absolute atomic E-state index is 15.3. The minimum Gasteiger partial charge on any atom is -0.373 e. The second kappa shape index (κ2) is 15.3. The molecule has 1 saturated heterocycles. The summed E-state index contributed by atoms with van der Waals surface area (Å²) in [6, 6.07) is 7.09. The maximum Gasteiger partial charge on any atom is 0.405 e. The van der Waals surface area contributed by atoms with E-state index in [9.17, 15) is 31.5 Å². The molecule has 1 aromatic carbocycles. The Morgan fingerprint density at radius 3 is 2.29 bits per heavy atom. The van der Waals surface area contributed by atoms with Crippen LogP contribution in [0.25, 0.3) is 0 Å². The van der Waals surface area contributed by atoms with Crippen molar-refractivity contribution in [3.05, 3.63) is 71.0 Å². The van der Waals surface area contributed by atoms with Gasteiger partial charge in [-0.25, -0.2) is 13.2 Å². The fourth-order valence-corrected chi connectivity index (χ4v) is 4.23. The van der Waals surface area contributed by atoms with Gasteiger partial charge in [0.25, 0.3) is 0 Å². The lowest BCUT2D eigenvalue weighted by Crippen LogP contribution is -2.54. The number of hydrogen-bond acceptors (Lipinski definition) is 5. The molecule has 1 aromatic rings. The molecule has 2 amide bonds. The van der Waals surface area contributed by atoms with Gasteiger partial charge in [0.1, 0.15) is 36.2 Å². The molecule has 14 heteroatoms.